The molecule has 0 spiro atoms. The molecule has 1 heterocycles. The van der Waals surface area contributed by atoms with Crippen LogP contribution in [0.15, 0.2) is 18.2 Å². The third-order valence-corrected chi connectivity index (χ3v) is 4.30. The molecule has 0 radical (unpaired) electrons. The van der Waals surface area contributed by atoms with Gasteiger partial charge in [-0.15, -0.1) is 0 Å². The van der Waals surface area contributed by atoms with Crippen LogP contribution in [0.2, 0.25) is 0 Å². The first-order valence-electron chi connectivity index (χ1n) is 7.24. The summed E-state index contributed by atoms with van der Waals surface area (Å²) in [6, 6.07) is 4.44. The Balaban J connectivity index is 2.15. The molecular formula is C15H22F3N3. The molecule has 118 valence electrons. The van der Waals surface area contributed by atoms with Gasteiger partial charge in [-0.05, 0) is 37.6 Å². The second-order valence-corrected chi connectivity index (χ2v) is 5.55. The van der Waals surface area contributed by atoms with E-state index < -0.39 is 11.7 Å². The van der Waals surface area contributed by atoms with Crippen molar-refractivity contribution in [2.24, 2.45) is 0 Å². The number of likely N-dealkylation sites (tertiary alicyclic amines) is 1. The summed E-state index contributed by atoms with van der Waals surface area (Å²) in [4.78, 5) is 4.30. The van der Waals surface area contributed by atoms with Gasteiger partial charge < -0.3 is 15.5 Å². The lowest BCUT2D eigenvalue weighted by Crippen LogP contribution is -2.43. The van der Waals surface area contributed by atoms with Gasteiger partial charge in [0.1, 0.15) is 0 Å². The van der Waals surface area contributed by atoms with Crippen molar-refractivity contribution in [3.63, 3.8) is 0 Å². The van der Waals surface area contributed by atoms with Crippen molar-refractivity contribution in [3.05, 3.63) is 23.8 Å². The van der Waals surface area contributed by atoms with E-state index in [-0.39, 0.29) is 11.7 Å². The zero-order valence-electron chi connectivity index (χ0n) is 12.5. The van der Waals surface area contributed by atoms with E-state index in [1.54, 1.807) is 6.07 Å². The Hall–Kier alpha value is -1.43. The molecule has 6 heteroatoms. The number of anilines is 2. The number of rotatable bonds is 3. The van der Waals surface area contributed by atoms with E-state index in [1.165, 1.54) is 6.07 Å². The van der Waals surface area contributed by atoms with Gasteiger partial charge >= 0.3 is 6.18 Å². The van der Waals surface area contributed by atoms with Crippen LogP contribution >= 0.6 is 0 Å². The minimum atomic E-state index is -4.41. The summed E-state index contributed by atoms with van der Waals surface area (Å²) >= 11 is 0. The Labute approximate surface area is 123 Å². The SMILES string of the molecule is CCN1CCC(N(C)c2ccc(N)c(C(F)(F)F)c2)CC1. The number of nitrogens with two attached hydrogens (primary N) is 1. The van der Waals surface area contributed by atoms with Gasteiger partial charge in [0.25, 0.3) is 0 Å². The van der Waals surface area contributed by atoms with Gasteiger partial charge in [-0.2, -0.15) is 13.2 Å². The Kier molecular flexibility index (Phi) is 4.66. The quantitative estimate of drug-likeness (QED) is 0.870. The molecule has 0 atom stereocenters. The van der Waals surface area contributed by atoms with Crippen molar-refractivity contribution in [1.29, 1.82) is 0 Å². The van der Waals surface area contributed by atoms with E-state index in [2.05, 4.69) is 11.8 Å². The number of benzene rings is 1. The Morgan fingerprint density at radius 1 is 1.29 bits per heavy atom. The van der Waals surface area contributed by atoms with Crippen molar-refractivity contribution in [2.45, 2.75) is 32.0 Å². The molecule has 0 unspecified atom stereocenters. The zero-order valence-corrected chi connectivity index (χ0v) is 12.5. The fraction of sp³-hybridized carbons (Fsp3) is 0.600. The lowest BCUT2D eigenvalue weighted by Gasteiger charge is -2.37. The summed E-state index contributed by atoms with van der Waals surface area (Å²) in [7, 11) is 1.86. The van der Waals surface area contributed by atoms with E-state index in [0.717, 1.165) is 38.5 Å². The normalized spacial score (nSPS) is 18.0. The van der Waals surface area contributed by atoms with E-state index in [4.69, 9.17) is 5.73 Å². The molecule has 2 N–H and O–H groups in total. The molecule has 0 aromatic heterocycles. The highest BCUT2D eigenvalue weighted by Crippen LogP contribution is 2.36. The molecule has 1 aromatic carbocycles. The standard InChI is InChI=1S/C15H22F3N3/c1-3-21-8-6-11(7-9-21)20(2)12-4-5-14(19)13(10-12)15(16,17)18/h4-5,10-11H,3,6-9,19H2,1-2H3. The van der Waals surface area contributed by atoms with Crippen LogP contribution in [0, 0.1) is 0 Å². The molecule has 3 nitrogen and oxygen atoms in total. The molecule has 1 saturated heterocycles. The monoisotopic (exact) mass is 301 g/mol. The summed E-state index contributed by atoms with van der Waals surface area (Å²) < 4.78 is 38.8. The number of hydrogen-bond acceptors (Lipinski definition) is 3. The van der Waals surface area contributed by atoms with Gasteiger partial charge in [0.15, 0.2) is 0 Å². The first-order valence-corrected chi connectivity index (χ1v) is 7.24. The van der Waals surface area contributed by atoms with Crippen LogP contribution in [0.25, 0.3) is 0 Å². The molecule has 21 heavy (non-hydrogen) atoms. The number of hydrogen-bond donors (Lipinski definition) is 1. The molecular weight excluding hydrogens is 279 g/mol. The number of alkyl halides is 3. The van der Waals surface area contributed by atoms with Gasteiger partial charge in [-0.1, -0.05) is 6.92 Å². The first-order chi connectivity index (χ1) is 9.82. The van der Waals surface area contributed by atoms with Crippen LogP contribution in [0.4, 0.5) is 24.5 Å². The van der Waals surface area contributed by atoms with E-state index >= 15 is 0 Å². The summed E-state index contributed by atoms with van der Waals surface area (Å²) in [6.45, 7) is 5.13. The van der Waals surface area contributed by atoms with Crippen molar-refractivity contribution >= 4 is 11.4 Å². The van der Waals surface area contributed by atoms with Crippen molar-refractivity contribution in [2.75, 3.05) is 37.3 Å². The molecule has 1 aromatic rings. The third kappa shape index (κ3) is 3.61. The van der Waals surface area contributed by atoms with Crippen LogP contribution < -0.4 is 10.6 Å². The Morgan fingerprint density at radius 2 is 1.90 bits per heavy atom. The summed E-state index contributed by atoms with van der Waals surface area (Å²) in [5, 5.41) is 0. The highest BCUT2D eigenvalue weighted by molar-refractivity contribution is 5.59. The molecule has 0 aliphatic carbocycles. The van der Waals surface area contributed by atoms with Gasteiger partial charge in [-0.3, -0.25) is 0 Å². The highest BCUT2D eigenvalue weighted by Gasteiger charge is 2.34. The van der Waals surface area contributed by atoms with Gasteiger partial charge in [0.2, 0.25) is 0 Å². The molecule has 0 amide bonds. The minimum absolute atomic E-state index is 0.222. The lowest BCUT2D eigenvalue weighted by atomic mass is 10.0. The van der Waals surface area contributed by atoms with E-state index in [9.17, 15) is 13.2 Å². The largest absolute Gasteiger partial charge is 0.418 e. The maximum atomic E-state index is 12.9. The molecule has 2 rings (SSSR count). The van der Waals surface area contributed by atoms with E-state index in [0.29, 0.717) is 5.69 Å². The van der Waals surface area contributed by atoms with Crippen molar-refractivity contribution < 1.29 is 13.2 Å². The van der Waals surface area contributed by atoms with Gasteiger partial charge in [0.05, 0.1) is 5.56 Å². The van der Waals surface area contributed by atoms with Crippen LogP contribution in [-0.2, 0) is 6.18 Å². The fourth-order valence-corrected chi connectivity index (χ4v) is 2.84. The topological polar surface area (TPSA) is 32.5 Å². The second-order valence-electron chi connectivity index (χ2n) is 5.55. The minimum Gasteiger partial charge on any atom is -0.398 e. The van der Waals surface area contributed by atoms with Crippen molar-refractivity contribution in [1.82, 2.24) is 4.90 Å². The molecule has 1 aliphatic heterocycles. The zero-order chi connectivity index (χ0) is 15.6. The fourth-order valence-electron chi connectivity index (χ4n) is 2.84. The predicted molar refractivity (Wildman–Crippen MR) is 79.4 cm³/mol. The number of nitrogens with zero attached hydrogens (tertiary/aromatic N) is 2. The Morgan fingerprint density at radius 3 is 2.43 bits per heavy atom. The maximum Gasteiger partial charge on any atom is 0.418 e. The van der Waals surface area contributed by atoms with Crippen LogP contribution in [0.5, 0.6) is 0 Å². The lowest BCUT2D eigenvalue weighted by molar-refractivity contribution is -0.136. The molecule has 0 bridgehead atoms. The highest BCUT2D eigenvalue weighted by atomic mass is 19.4. The number of piperidine rings is 1. The molecule has 0 saturated carbocycles. The predicted octanol–water partition coefficient (Wildman–Crippen LogP) is 3.21. The van der Waals surface area contributed by atoms with Crippen molar-refractivity contribution in [3.8, 4) is 0 Å². The summed E-state index contributed by atoms with van der Waals surface area (Å²) in [5.74, 6) is 0. The van der Waals surface area contributed by atoms with Gasteiger partial charge in [-0.25, -0.2) is 0 Å². The Bertz CT molecular complexity index is 480. The van der Waals surface area contributed by atoms with E-state index in [1.807, 2.05) is 11.9 Å². The first kappa shape index (κ1) is 15.9. The van der Waals surface area contributed by atoms with Gasteiger partial charge in [0, 0.05) is 37.6 Å². The third-order valence-electron chi connectivity index (χ3n) is 4.30. The summed E-state index contributed by atoms with van der Waals surface area (Å²) in [5.41, 5.74) is 5.05. The molecule has 1 fully saturated rings. The number of nitrogen functional groups attached to an aromatic ring is 1. The van der Waals surface area contributed by atoms with Crippen LogP contribution in [0.1, 0.15) is 25.3 Å². The van der Waals surface area contributed by atoms with Crippen LogP contribution in [-0.4, -0.2) is 37.6 Å². The summed E-state index contributed by atoms with van der Waals surface area (Å²) in [6.07, 6.45) is -2.47. The average Bonchev–Trinajstić information content (AvgIpc) is 2.46. The smallest absolute Gasteiger partial charge is 0.398 e. The average molecular weight is 301 g/mol. The maximum absolute atomic E-state index is 12.9. The molecule has 1 aliphatic rings. The second kappa shape index (κ2) is 6.13. The number of halogens is 3. The van der Waals surface area contributed by atoms with Crippen LogP contribution in [0.3, 0.4) is 0 Å².